The second kappa shape index (κ2) is 3.67. The topological polar surface area (TPSA) is 47.6 Å². The molecular weight excluding hydrogens is 242 g/mol. The monoisotopic (exact) mass is 251 g/mol. The van der Waals surface area contributed by atoms with E-state index in [9.17, 15) is 4.79 Å². The maximum Gasteiger partial charge on any atom is 0.262 e. The number of hydrogen-bond acceptors (Lipinski definition) is 3. The third-order valence-electron chi connectivity index (χ3n) is 2.85. The summed E-state index contributed by atoms with van der Waals surface area (Å²) >= 11 is 5.95. The molecule has 0 bridgehead atoms. The van der Waals surface area contributed by atoms with E-state index in [0.717, 1.165) is 11.3 Å². The zero-order valence-electron chi connectivity index (χ0n) is 8.90. The number of hydrogen-bond donors (Lipinski definition) is 1. The van der Waals surface area contributed by atoms with Crippen LogP contribution in [0.5, 0.6) is 0 Å². The molecule has 0 fully saturated rings. The summed E-state index contributed by atoms with van der Waals surface area (Å²) in [6.07, 6.45) is 3.56. The predicted octanol–water partition coefficient (Wildman–Crippen LogP) is 2.44. The summed E-state index contributed by atoms with van der Waals surface area (Å²) in [5.41, 5.74) is 1.67. The average molecular weight is 252 g/mol. The predicted molar refractivity (Wildman–Crippen MR) is 62.4 cm³/mol. The Bertz CT molecular complexity index is 504. The molecule has 1 spiro atoms. The molecule has 0 saturated heterocycles. The summed E-state index contributed by atoms with van der Waals surface area (Å²) in [4.78, 5) is 11.8. The van der Waals surface area contributed by atoms with Gasteiger partial charge in [0.25, 0.3) is 5.79 Å². The van der Waals surface area contributed by atoms with Gasteiger partial charge >= 0.3 is 0 Å². The molecule has 17 heavy (non-hydrogen) atoms. The van der Waals surface area contributed by atoms with Gasteiger partial charge in [-0.1, -0.05) is 11.6 Å². The molecule has 0 aromatic heterocycles. The molecule has 2 aliphatic rings. The number of halogens is 1. The van der Waals surface area contributed by atoms with Crippen molar-refractivity contribution in [2.24, 2.45) is 0 Å². The Balaban J connectivity index is 2.02. The van der Waals surface area contributed by atoms with Gasteiger partial charge in [0.05, 0.1) is 6.42 Å². The van der Waals surface area contributed by atoms with Gasteiger partial charge in [-0.25, -0.2) is 0 Å². The molecule has 5 heteroatoms. The highest BCUT2D eigenvalue weighted by Gasteiger charge is 2.41. The lowest BCUT2D eigenvalue weighted by atomic mass is 10.0. The van der Waals surface area contributed by atoms with Gasteiger partial charge in [-0.05, 0) is 23.8 Å². The van der Waals surface area contributed by atoms with Crippen molar-refractivity contribution in [1.82, 2.24) is 0 Å². The molecule has 1 amide bonds. The van der Waals surface area contributed by atoms with Crippen LogP contribution >= 0.6 is 11.6 Å². The van der Waals surface area contributed by atoms with Gasteiger partial charge in [0.1, 0.15) is 18.9 Å². The Morgan fingerprint density at radius 2 is 2.00 bits per heavy atom. The fraction of sp³-hybridized carbons (Fsp3) is 0.250. The molecule has 0 aliphatic carbocycles. The first kappa shape index (κ1) is 10.5. The second-order valence-corrected chi connectivity index (χ2v) is 4.56. The van der Waals surface area contributed by atoms with Crippen LogP contribution in [0.3, 0.4) is 0 Å². The number of carbonyl (C=O) groups excluding carboxylic acids is 1. The van der Waals surface area contributed by atoms with Crippen LogP contribution in [0, 0.1) is 0 Å². The summed E-state index contributed by atoms with van der Waals surface area (Å²) in [6, 6.07) is 5.35. The number of anilines is 1. The standard InChI is InChI=1S/C12H10ClNO3/c13-9-1-2-10-8(5-9)6-12(7-11(15)14-10)16-3-4-17-12/h1-5H,6-7H2,(H,14,15). The molecular formula is C12H10ClNO3. The van der Waals surface area contributed by atoms with Crippen LogP contribution in [0.15, 0.2) is 30.7 Å². The number of amides is 1. The quantitative estimate of drug-likeness (QED) is 0.770. The minimum Gasteiger partial charge on any atom is -0.456 e. The number of fused-ring (bicyclic) bond motifs is 1. The Kier molecular flexibility index (Phi) is 2.26. The first-order valence-electron chi connectivity index (χ1n) is 5.26. The van der Waals surface area contributed by atoms with Crippen molar-refractivity contribution in [3.05, 3.63) is 41.3 Å². The number of benzene rings is 1. The molecule has 0 unspecified atom stereocenters. The molecule has 0 saturated carbocycles. The van der Waals surface area contributed by atoms with Crippen LogP contribution < -0.4 is 5.32 Å². The van der Waals surface area contributed by atoms with Gasteiger partial charge in [-0.15, -0.1) is 0 Å². The maximum absolute atomic E-state index is 11.8. The van der Waals surface area contributed by atoms with E-state index in [1.54, 1.807) is 12.1 Å². The number of ether oxygens (including phenoxy) is 2. The first-order chi connectivity index (χ1) is 8.17. The minimum absolute atomic E-state index is 0.130. The van der Waals surface area contributed by atoms with Crippen molar-refractivity contribution in [2.75, 3.05) is 5.32 Å². The number of rotatable bonds is 0. The molecule has 1 aromatic rings. The SMILES string of the molecule is O=C1CC2(Cc3cc(Cl)ccc3N1)OC=CO2. The van der Waals surface area contributed by atoms with Gasteiger partial charge in [-0.3, -0.25) is 4.79 Å². The highest BCUT2D eigenvalue weighted by molar-refractivity contribution is 6.30. The molecule has 0 atom stereocenters. The molecule has 1 aromatic carbocycles. The van der Waals surface area contributed by atoms with Crippen LogP contribution in [-0.2, 0) is 20.7 Å². The lowest BCUT2D eigenvalue weighted by Crippen LogP contribution is -2.35. The number of nitrogens with one attached hydrogen (secondary N) is 1. The van der Waals surface area contributed by atoms with Gasteiger partial charge in [0, 0.05) is 10.7 Å². The van der Waals surface area contributed by atoms with Gasteiger partial charge in [-0.2, -0.15) is 0 Å². The van der Waals surface area contributed by atoms with Crippen molar-refractivity contribution in [3.8, 4) is 0 Å². The zero-order chi connectivity index (χ0) is 11.9. The van der Waals surface area contributed by atoms with Crippen molar-refractivity contribution in [3.63, 3.8) is 0 Å². The van der Waals surface area contributed by atoms with E-state index in [1.165, 1.54) is 12.5 Å². The Morgan fingerprint density at radius 3 is 2.76 bits per heavy atom. The fourth-order valence-electron chi connectivity index (χ4n) is 2.12. The third-order valence-corrected chi connectivity index (χ3v) is 3.09. The zero-order valence-corrected chi connectivity index (χ0v) is 9.66. The summed E-state index contributed by atoms with van der Waals surface area (Å²) in [7, 11) is 0. The van der Waals surface area contributed by atoms with E-state index in [1.807, 2.05) is 6.07 Å². The van der Waals surface area contributed by atoms with E-state index in [4.69, 9.17) is 21.1 Å². The van der Waals surface area contributed by atoms with E-state index in [-0.39, 0.29) is 12.3 Å². The lowest BCUT2D eigenvalue weighted by molar-refractivity contribution is -0.155. The van der Waals surface area contributed by atoms with Crippen LogP contribution in [0.25, 0.3) is 0 Å². The highest BCUT2D eigenvalue weighted by atomic mass is 35.5. The molecule has 2 heterocycles. The van der Waals surface area contributed by atoms with E-state index in [0.29, 0.717) is 11.4 Å². The lowest BCUT2D eigenvalue weighted by Gasteiger charge is -2.25. The Morgan fingerprint density at radius 1 is 1.24 bits per heavy atom. The smallest absolute Gasteiger partial charge is 0.262 e. The summed E-state index contributed by atoms with van der Waals surface area (Å²) in [5.74, 6) is -1.05. The Labute approximate surface area is 103 Å². The van der Waals surface area contributed by atoms with Crippen LogP contribution in [0.4, 0.5) is 5.69 Å². The second-order valence-electron chi connectivity index (χ2n) is 4.12. The van der Waals surface area contributed by atoms with E-state index < -0.39 is 5.79 Å². The molecule has 88 valence electrons. The molecule has 1 N–H and O–H groups in total. The fourth-order valence-corrected chi connectivity index (χ4v) is 2.31. The third kappa shape index (κ3) is 1.85. The number of carbonyl (C=O) groups is 1. The van der Waals surface area contributed by atoms with Crippen LogP contribution in [0.2, 0.25) is 5.02 Å². The molecule has 2 aliphatic heterocycles. The Hall–Kier alpha value is -1.68. The molecule has 0 radical (unpaired) electrons. The van der Waals surface area contributed by atoms with Gasteiger partial charge in [0.15, 0.2) is 0 Å². The summed E-state index contributed by atoms with van der Waals surface area (Å²) in [6.45, 7) is 0. The summed E-state index contributed by atoms with van der Waals surface area (Å²) in [5, 5.41) is 3.44. The van der Waals surface area contributed by atoms with Gasteiger partial charge < -0.3 is 14.8 Å². The van der Waals surface area contributed by atoms with Crippen molar-refractivity contribution in [1.29, 1.82) is 0 Å². The van der Waals surface area contributed by atoms with Crippen molar-refractivity contribution < 1.29 is 14.3 Å². The van der Waals surface area contributed by atoms with Crippen molar-refractivity contribution >= 4 is 23.2 Å². The minimum atomic E-state index is -0.917. The maximum atomic E-state index is 11.8. The highest BCUT2D eigenvalue weighted by Crippen LogP contribution is 2.35. The van der Waals surface area contributed by atoms with E-state index in [2.05, 4.69) is 5.32 Å². The van der Waals surface area contributed by atoms with E-state index >= 15 is 0 Å². The summed E-state index contributed by atoms with van der Waals surface area (Å²) < 4.78 is 10.8. The molecule has 4 nitrogen and oxygen atoms in total. The van der Waals surface area contributed by atoms with Crippen molar-refractivity contribution in [2.45, 2.75) is 18.6 Å². The first-order valence-corrected chi connectivity index (χ1v) is 5.64. The largest absolute Gasteiger partial charge is 0.456 e. The normalized spacial score (nSPS) is 20.2. The van der Waals surface area contributed by atoms with Crippen LogP contribution in [0.1, 0.15) is 12.0 Å². The van der Waals surface area contributed by atoms with Gasteiger partial charge in [0.2, 0.25) is 5.91 Å². The van der Waals surface area contributed by atoms with Crippen LogP contribution in [-0.4, -0.2) is 11.7 Å². The molecule has 3 rings (SSSR count). The average Bonchev–Trinajstić information content (AvgIpc) is 2.64.